The van der Waals surface area contributed by atoms with Crippen molar-refractivity contribution in [3.05, 3.63) is 114 Å². The molecule has 2 aromatic carbocycles. The molecule has 0 bridgehead atoms. The minimum atomic E-state index is -1.24. The smallest absolute Gasteiger partial charge is 0.212 e. The van der Waals surface area contributed by atoms with Gasteiger partial charge >= 0.3 is 0 Å². The number of halogens is 4. The summed E-state index contributed by atoms with van der Waals surface area (Å²) in [4.78, 5) is 36.1. The molecule has 0 radical (unpaired) electrons. The van der Waals surface area contributed by atoms with E-state index in [0.29, 0.717) is 10.0 Å². The van der Waals surface area contributed by atoms with Crippen molar-refractivity contribution in [3.8, 4) is 24.3 Å². The molecular formula is C44H18F4N8O2S2. The van der Waals surface area contributed by atoms with Gasteiger partial charge in [-0.25, -0.2) is 27.5 Å². The van der Waals surface area contributed by atoms with Gasteiger partial charge in [0.2, 0.25) is 11.6 Å². The summed E-state index contributed by atoms with van der Waals surface area (Å²) in [5.74, 6) is -6.51. The molecule has 16 heteroatoms. The Kier molecular flexibility index (Phi) is 7.85. The maximum atomic E-state index is 14.3. The first-order valence-corrected chi connectivity index (χ1v) is 19.5. The summed E-state index contributed by atoms with van der Waals surface area (Å²) < 4.78 is 62.7. The number of nitriles is 4. The van der Waals surface area contributed by atoms with Crippen LogP contribution in [0.4, 0.5) is 27.6 Å². The highest BCUT2D eigenvalue weighted by Gasteiger charge is 2.38. The lowest BCUT2D eigenvalue weighted by atomic mass is 9.84. The number of aliphatic imine (C=N–C) groups is 2. The first-order valence-electron chi connectivity index (χ1n) is 17.8. The van der Waals surface area contributed by atoms with Gasteiger partial charge < -0.3 is 9.13 Å². The largest absolute Gasteiger partial charge is 0.343 e. The third-order valence-corrected chi connectivity index (χ3v) is 13.3. The number of carbonyl (C=O) groups is 2. The molecule has 0 saturated carbocycles. The molecule has 2 unspecified atom stereocenters. The molecule has 2 atom stereocenters. The van der Waals surface area contributed by atoms with E-state index >= 15 is 0 Å². The Balaban J connectivity index is 1.05. The molecule has 4 aliphatic carbocycles. The minimum absolute atomic E-state index is 0.0626. The number of hydrogen-bond donors (Lipinski definition) is 0. The van der Waals surface area contributed by atoms with Gasteiger partial charge in [0.1, 0.15) is 56.8 Å². The van der Waals surface area contributed by atoms with Crippen LogP contribution < -0.4 is 21.1 Å². The highest BCUT2D eigenvalue weighted by atomic mass is 32.1. The summed E-state index contributed by atoms with van der Waals surface area (Å²) in [6.07, 6.45) is 8.64. The summed E-state index contributed by atoms with van der Waals surface area (Å²) in [5.41, 5.74) is -0.591. The van der Waals surface area contributed by atoms with E-state index in [-0.39, 0.29) is 56.7 Å². The highest BCUT2D eigenvalue weighted by molar-refractivity contribution is 7.23. The number of hydrogen-bond acceptors (Lipinski definition) is 10. The van der Waals surface area contributed by atoms with Gasteiger partial charge in [-0.1, -0.05) is 24.3 Å². The number of Topliss-reactive ketones (excluding diaryl/α,β-unsaturated/α-hetero) is 2. The van der Waals surface area contributed by atoms with Crippen LogP contribution >= 0.6 is 22.7 Å². The van der Waals surface area contributed by atoms with Crippen LogP contribution in [-0.4, -0.2) is 32.1 Å². The van der Waals surface area contributed by atoms with Crippen LogP contribution in [0.15, 0.2) is 57.5 Å². The predicted octanol–water partition coefficient (Wildman–Crippen LogP) is 5.97. The molecule has 0 aliphatic heterocycles. The SMILES string of the molecule is Cn1c2c(c3sc(N=C4C(=O)c5cc(F)c(F)cc5C4=C(C#N)C#N)cc31)=CC1C=c3c(c4sc(N=C5C(=O)c6cc(F)c(F)cc6C5=C(C#N)C#N)cc4n3C)=CC1C=2. The molecule has 6 aromatic rings. The molecule has 0 saturated heterocycles. The second kappa shape index (κ2) is 12.9. The molecule has 10 rings (SSSR count). The highest BCUT2D eigenvalue weighted by Crippen LogP contribution is 2.40. The number of allylic oxidation sites excluding steroid dienone is 4. The van der Waals surface area contributed by atoms with Gasteiger partial charge in [0.05, 0.1) is 20.4 Å². The van der Waals surface area contributed by atoms with Crippen LogP contribution in [0.5, 0.6) is 0 Å². The van der Waals surface area contributed by atoms with Crippen LogP contribution in [0.2, 0.25) is 0 Å². The van der Waals surface area contributed by atoms with E-state index in [4.69, 9.17) is 0 Å². The molecule has 4 aromatic heterocycles. The molecule has 4 heterocycles. The molecule has 10 nitrogen and oxygen atoms in total. The van der Waals surface area contributed by atoms with E-state index < -0.39 is 46.0 Å². The Morgan fingerprint density at radius 3 is 1.27 bits per heavy atom. The minimum Gasteiger partial charge on any atom is -0.343 e. The van der Waals surface area contributed by atoms with Crippen LogP contribution in [-0.2, 0) is 14.1 Å². The zero-order valence-corrected chi connectivity index (χ0v) is 32.3. The zero-order valence-electron chi connectivity index (χ0n) is 30.7. The van der Waals surface area contributed by atoms with Crippen molar-refractivity contribution in [2.24, 2.45) is 35.9 Å². The number of carbonyl (C=O) groups excluding carboxylic acids is 2. The number of nitrogens with zero attached hydrogens (tertiary/aromatic N) is 8. The Morgan fingerprint density at radius 1 is 0.567 bits per heavy atom. The van der Waals surface area contributed by atoms with Crippen molar-refractivity contribution < 1.29 is 27.2 Å². The van der Waals surface area contributed by atoms with Gasteiger partial charge in [0.25, 0.3) is 0 Å². The fourth-order valence-electron chi connectivity index (χ4n) is 8.43. The van der Waals surface area contributed by atoms with E-state index in [0.717, 1.165) is 65.8 Å². The number of benzene rings is 2. The van der Waals surface area contributed by atoms with Gasteiger partial charge in [0, 0.05) is 80.5 Å². The maximum Gasteiger partial charge on any atom is 0.212 e. The average molecular weight is 831 g/mol. The lowest BCUT2D eigenvalue weighted by Crippen LogP contribution is -2.39. The Morgan fingerprint density at radius 2 is 0.917 bits per heavy atom. The Hall–Kier alpha value is -7.76. The van der Waals surface area contributed by atoms with Crippen molar-refractivity contribution in [1.29, 1.82) is 21.0 Å². The molecule has 0 N–H and O–H groups in total. The summed E-state index contributed by atoms with van der Waals surface area (Å²) in [7, 11) is 3.79. The lowest BCUT2D eigenvalue weighted by molar-refractivity contribution is 0.106. The first kappa shape index (κ1) is 36.6. The first-order chi connectivity index (χ1) is 28.8. The normalized spacial score (nSPS) is 18.4. The van der Waals surface area contributed by atoms with Crippen LogP contribution in [0.1, 0.15) is 31.8 Å². The quantitative estimate of drug-likeness (QED) is 0.154. The molecule has 60 heavy (non-hydrogen) atoms. The number of ketones is 2. The lowest BCUT2D eigenvalue weighted by Gasteiger charge is -2.21. The number of aryl methyl sites for hydroxylation is 2. The molecule has 0 fully saturated rings. The monoisotopic (exact) mass is 830 g/mol. The molecule has 4 aliphatic rings. The van der Waals surface area contributed by atoms with Crippen molar-refractivity contribution in [2.75, 3.05) is 0 Å². The average Bonchev–Trinajstić information content (AvgIpc) is 4.05. The standard InChI is InChI=1S/C44H18F4N8O2S2/c1-55-31-5-17-4-26-32(56(2)34-12-36(60-44(26)34)54-40-38(20(15-51)16-52)22-8-28(46)30(48)10-24(22)42(40)58)6-18(17)3-25(31)43-33(55)11-35(59-43)53-39-37(19(13-49)14-50)21-7-27(45)29(47)9-23(21)41(39)57/h3-12,17-18H,1-2H3. The van der Waals surface area contributed by atoms with Gasteiger partial charge in [-0.3, -0.25) is 9.59 Å². The third kappa shape index (κ3) is 4.99. The second-order valence-corrected chi connectivity index (χ2v) is 16.3. The molecule has 0 spiro atoms. The van der Waals surface area contributed by atoms with Gasteiger partial charge in [-0.05, 0) is 36.4 Å². The second-order valence-electron chi connectivity index (χ2n) is 14.3. The number of thiophene rings is 2. The van der Waals surface area contributed by atoms with Crippen LogP contribution in [0.25, 0.3) is 55.9 Å². The molecular weight excluding hydrogens is 813 g/mol. The van der Waals surface area contributed by atoms with Crippen LogP contribution in [0, 0.1) is 80.4 Å². The van der Waals surface area contributed by atoms with E-state index in [2.05, 4.69) is 34.3 Å². The van der Waals surface area contributed by atoms with Crippen LogP contribution in [0.3, 0.4) is 0 Å². The van der Waals surface area contributed by atoms with Gasteiger partial charge in [-0.2, -0.15) is 21.0 Å². The number of fused-ring (bicyclic) bond motifs is 9. The fourth-order valence-corrected chi connectivity index (χ4v) is 10.6. The molecule has 0 amide bonds. The predicted molar refractivity (Wildman–Crippen MR) is 217 cm³/mol. The third-order valence-electron chi connectivity index (χ3n) is 11.2. The Bertz CT molecular complexity index is 3460. The zero-order chi connectivity index (χ0) is 42.0. The fraction of sp³-hybridized carbons (Fsp3) is 0.0909. The van der Waals surface area contributed by atoms with E-state index in [1.54, 1.807) is 36.4 Å². The summed E-state index contributed by atoms with van der Waals surface area (Å²) in [6.45, 7) is 0. The topological polar surface area (TPSA) is 164 Å². The summed E-state index contributed by atoms with van der Waals surface area (Å²) >= 11 is 2.59. The van der Waals surface area contributed by atoms with Crippen molar-refractivity contribution in [1.82, 2.24) is 9.13 Å². The van der Waals surface area contributed by atoms with Crippen molar-refractivity contribution >= 4 is 112 Å². The summed E-state index contributed by atoms with van der Waals surface area (Å²) in [6, 6.07) is 13.6. The van der Waals surface area contributed by atoms with E-state index in [9.17, 15) is 48.2 Å². The Labute approximate surface area is 342 Å². The van der Waals surface area contributed by atoms with E-state index in [1.807, 2.05) is 23.2 Å². The van der Waals surface area contributed by atoms with Gasteiger partial charge in [-0.15, -0.1) is 22.7 Å². The maximum absolute atomic E-state index is 14.3. The number of aromatic nitrogens is 2. The number of rotatable bonds is 2. The van der Waals surface area contributed by atoms with Crippen molar-refractivity contribution in [2.45, 2.75) is 0 Å². The molecule has 286 valence electrons. The van der Waals surface area contributed by atoms with E-state index in [1.165, 1.54) is 22.7 Å². The van der Waals surface area contributed by atoms with Gasteiger partial charge in [0.15, 0.2) is 23.3 Å². The van der Waals surface area contributed by atoms with Crippen molar-refractivity contribution in [3.63, 3.8) is 0 Å². The summed E-state index contributed by atoms with van der Waals surface area (Å²) in [5, 5.41) is 43.3.